The van der Waals surface area contributed by atoms with E-state index in [2.05, 4.69) is 4.98 Å². The van der Waals surface area contributed by atoms with E-state index in [1.165, 1.54) is 12.1 Å². The quantitative estimate of drug-likeness (QED) is 0.904. The number of benzene rings is 1. The van der Waals surface area contributed by atoms with Gasteiger partial charge in [-0.15, -0.1) is 0 Å². The number of amides is 1. The molecule has 2 atom stereocenters. The van der Waals surface area contributed by atoms with Crippen LogP contribution in [0.4, 0.5) is 4.39 Å². The lowest BCUT2D eigenvalue weighted by Crippen LogP contribution is -2.31. The maximum Gasteiger partial charge on any atom is 0.308 e. The van der Waals surface area contributed by atoms with Crippen LogP contribution in [0, 0.1) is 23.6 Å². The molecule has 1 saturated carbocycles. The van der Waals surface area contributed by atoms with Crippen LogP contribution in [0.25, 0.3) is 10.9 Å². The summed E-state index contributed by atoms with van der Waals surface area (Å²) in [5.74, 6) is -1.08. The molecule has 2 heterocycles. The van der Waals surface area contributed by atoms with Gasteiger partial charge in [0.25, 0.3) is 0 Å². The van der Waals surface area contributed by atoms with E-state index in [-0.39, 0.29) is 24.1 Å². The van der Waals surface area contributed by atoms with Crippen LogP contribution in [0.5, 0.6) is 0 Å². The summed E-state index contributed by atoms with van der Waals surface area (Å²) in [7, 11) is 0. The number of H-pyrrole nitrogens is 1. The molecule has 2 aliphatic rings. The Morgan fingerprint density at radius 3 is 2.79 bits per heavy atom. The number of aliphatic carboxylic acids is 1. The van der Waals surface area contributed by atoms with Crippen molar-refractivity contribution in [2.24, 2.45) is 17.8 Å². The van der Waals surface area contributed by atoms with Gasteiger partial charge in [0.05, 0.1) is 12.3 Å². The van der Waals surface area contributed by atoms with Crippen LogP contribution in [-0.2, 0) is 16.0 Å². The number of halogens is 1. The molecule has 0 radical (unpaired) electrons. The molecular formula is C18H19FN2O3. The summed E-state index contributed by atoms with van der Waals surface area (Å²) < 4.78 is 13.2. The molecule has 4 rings (SSSR count). The largest absolute Gasteiger partial charge is 0.481 e. The van der Waals surface area contributed by atoms with Crippen LogP contribution < -0.4 is 0 Å². The summed E-state index contributed by atoms with van der Waals surface area (Å²) >= 11 is 0. The first kappa shape index (κ1) is 15.2. The van der Waals surface area contributed by atoms with E-state index in [0.29, 0.717) is 24.5 Å². The summed E-state index contributed by atoms with van der Waals surface area (Å²) in [5.41, 5.74) is 1.48. The zero-order valence-electron chi connectivity index (χ0n) is 13.2. The van der Waals surface area contributed by atoms with E-state index in [9.17, 15) is 19.1 Å². The SMILES string of the molecule is O=C(O)[C@H]1CN(C(=O)Cc2c[nH]c3cc(F)ccc23)C[C@@H]1C1CC1. The number of hydrogen-bond donors (Lipinski definition) is 2. The van der Waals surface area contributed by atoms with Crippen molar-refractivity contribution in [1.82, 2.24) is 9.88 Å². The highest BCUT2D eigenvalue weighted by atomic mass is 19.1. The monoisotopic (exact) mass is 330 g/mol. The van der Waals surface area contributed by atoms with Crippen molar-refractivity contribution < 1.29 is 19.1 Å². The van der Waals surface area contributed by atoms with Crippen LogP contribution >= 0.6 is 0 Å². The van der Waals surface area contributed by atoms with Gasteiger partial charge >= 0.3 is 5.97 Å². The molecule has 0 spiro atoms. The molecule has 5 nitrogen and oxygen atoms in total. The molecule has 2 aromatic rings. The third kappa shape index (κ3) is 2.66. The standard InChI is InChI=1S/C18H19FN2O3/c19-12-3-4-13-11(7-20-16(13)6-12)5-17(22)21-8-14(10-1-2-10)15(9-21)18(23)24/h3-4,6-7,10,14-15,20H,1-2,5,8-9H2,(H,23,24)/t14-,15+/m1/s1. The number of nitrogens with zero attached hydrogens (tertiary/aromatic N) is 1. The number of nitrogens with one attached hydrogen (secondary N) is 1. The van der Waals surface area contributed by atoms with E-state index in [0.717, 1.165) is 23.8 Å². The van der Waals surface area contributed by atoms with E-state index < -0.39 is 11.9 Å². The highest BCUT2D eigenvalue weighted by Crippen LogP contribution is 2.44. The number of fused-ring (bicyclic) bond motifs is 1. The smallest absolute Gasteiger partial charge is 0.308 e. The molecule has 2 fully saturated rings. The summed E-state index contributed by atoms with van der Waals surface area (Å²) in [6, 6.07) is 4.45. The predicted molar refractivity (Wildman–Crippen MR) is 85.9 cm³/mol. The van der Waals surface area contributed by atoms with E-state index >= 15 is 0 Å². The Hall–Kier alpha value is -2.37. The van der Waals surface area contributed by atoms with Crippen molar-refractivity contribution in [2.75, 3.05) is 13.1 Å². The van der Waals surface area contributed by atoms with E-state index in [4.69, 9.17) is 0 Å². The fourth-order valence-corrected chi connectivity index (χ4v) is 3.88. The Balaban J connectivity index is 1.50. The molecule has 6 heteroatoms. The van der Waals surface area contributed by atoms with Gasteiger partial charge in [0.1, 0.15) is 5.82 Å². The zero-order valence-corrected chi connectivity index (χ0v) is 13.2. The Morgan fingerprint density at radius 1 is 1.29 bits per heavy atom. The lowest BCUT2D eigenvalue weighted by atomic mass is 9.92. The third-order valence-corrected chi connectivity index (χ3v) is 5.33. The van der Waals surface area contributed by atoms with Crippen molar-refractivity contribution in [3.63, 3.8) is 0 Å². The second-order valence-electron chi connectivity index (χ2n) is 6.93. The van der Waals surface area contributed by atoms with Gasteiger partial charge in [0.2, 0.25) is 5.91 Å². The van der Waals surface area contributed by atoms with Crippen molar-refractivity contribution in [3.8, 4) is 0 Å². The highest BCUT2D eigenvalue weighted by molar-refractivity contribution is 5.89. The Morgan fingerprint density at radius 2 is 2.08 bits per heavy atom. The molecule has 1 aliphatic carbocycles. The predicted octanol–water partition coefficient (Wildman–Crippen LogP) is 2.42. The van der Waals surface area contributed by atoms with Crippen molar-refractivity contribution in [3.05, 3.63) is 35.8 Å². The Kier molecular flexibility index (Phi) is 3.55. The average molecular weight is 330 g/mol. The number of aromatic amines is 1. The molecule has 1 saturated heterocycles. The number of hydrogen-bond acceptors (Lipinski definition) is 2. The fourth-order valence-electron chi connectivity index (χ4n) is 3.88. The van der Waals surface area contributed by atoms with Crippen molar-refractivity contribution in [2.45, 2.75) is 19.3 Å². The minimum Gasteiger partial charge on any atom is -0.481 e. The number of carbonyl (C=O) groups is 2. The molecule has 126 valence electrons. The first-order valence-electron chi connectivity index (χ1n) is 8.29. The minimum absolute atomic E-state index is 0.0605. The maximum absolute atomic E-state index is 13.2. The third-order valence-electron chi connectivity index (χ3n) is 5.33. The molecular weight excluding hydrogens is 311 g/mol. The van der Waals surface area contributed by atoms with Crippen LogP contribution in [0.1, 0.15) is 18.4 Å². The van der Waals surface area contributed by atoms with Crippen LogP contribution in [0.15, 0.2) is 24.4 Å². The summed E-state index contributed by atoms with van der Waals surface area (Å²) in [5, 5.41) is 10.2. The van der Waals surface area contributed by atoms with Crippen LogP contribution in [0.3, 0.4) is 0 Å². The van der Waals surface area contributed by atoms with Gasteiger partial charge in [-0.1, -0.05) is 0 Å². The summed E-state index contributed by atoms with van der Waals surface area (Å²) in [4.78, 5) is 28.8. The first-order valence-corrected chi connectivity index (χ1v) is 8.29. The second kappa shape index (κ2) is 5.61. The van der Waals surface area contributed by atoms with Crippen LogP contribution in [0.2, 0.25) is 0 Å². The van der Waals surface area contributed by atoms with Gasteiger partial charge in [0.15, 0.2) is 0 Å². The van der Waals surface area contributed by atoms with Gasteiger partial charge in [-0.05, 0) is 48.4 Å². The normalized spacial score (nSPS) is 23.8. The molecule has 2 N–H and O–H groups in total. The minimum atomic E-state index is -0.801. The molecule has 1 aromatic heterocycles. The van der Waals surface area contributed by atoms with Gasteiger partial charge < -0.3 is 15.0 Å². The Bertz CT molecular complexity index is 812. The van der Waals surface area contributed by atoms with Crippen molar-refractivity contribution >= 4 is 22.8 Å². The van der Waals surface area contributed by atoms with Gasteiger partial charge in [-0.25, -0.2) is 4.39 Å². The maximum atomic E-state index is 13.2. The van der Waals surface area contributed by atoms with Gasteiger partial charge in [-0.3, -0.25) is 9.59 Å². The first-order chi connectivity index (χ1) is 11.5. The number of likely N-dealkylation sites (tertiary alicyclic amines) is 1. The Labute approximate surface area is 138 Å². The number of carboxylic acid groups (broad SMARTS) is 1. The summed E-state index contributed by atoms with van der Waals surface area (Å²) in [6.45, 7) is 0.837. The number of carbonyl (C=O) groups excluding carboxylic acids is 1. The van der Waals surface area contributed by atoms with E-state index in [1.54, 1.807) is 17.2 Å². The molecule has 0 bridgehead atoms. The molecule has 1 aliphatic heterocycles. The summed E-state index contributed by atoms with van der Waals surface area (Å²) in [6.07, 6.45) is 4.08. The van der Waals surface area contributed by atoms with Crippen LogP contribution in [-0.4, -0.2) is 40.0 Å². The number of carboxylic acids is 1. The lowest BCUT2D eigenvalue weighted by molar-refractivity contribution is -0.142. The topological polar surface area (TPSA) is 73.4 Å². The second-order valence-corrected chi connectivity index (χ2v) is 6.93. The molecule has 24 heavy (non-hydrogen) atoms. The molecule has 1 amide bonds. The fraction of sp³-hybridized carbons (Fsp3) is 0.444. The van der Waals surface area contributed by atoms with E-state index in [1.807, 2.05) is 0 Å². The number of rotatable bonds is 4. The molecule has 1 aromatic carbocycles. The lowest BCUT2D eigenvalue weighted by Gasteiger charge is -2.16. The molecule has 0 unspecified atom stereocenters. The number of aromatic nitrogens is 1. The highest BCUT2D eigenvalue weighted by Gasteiger charge is 2.46. The average Bonchev–Trinajstić information content (AvgIpc) is 3.16. The zero-order chi connectivity index (χ0) is 16.8. The van der Waals surface area contributed by atoms with Gasteiger partial charge in [0, 0.05) is 30.2 Å². The van der Waals surface area contributed by atoms with Gasteiger partial charge in [-0.2, -0.15) is 0 Å². The van der Waals surface area contributed by atoms with Crippen molar-refractivity contribution in [1.29, 1.82) is 0 Å².